The molecule has 0 spiro atoms. The molecule has 1 heterocycles. The maximum Gasteiger partial charge on any atom is 0.321 e. The van der Waals surface area contributed by atoms with E-state index in [1.807, 2.05) is 0 Å². The molecule has 1 saturated heterocycles. The van der Waals surface area contributed by atoms with Crippen LogP contribution in [0.5, 0.6) is 0 Å². The van der Waals surface area contributed by atoms with Crippen LogP contribution < -0.4 is 11.1 Å². The Morgan fingerprint density at radius 2 is 2.19 bits per heavy atom. The molecule has 0 radical (unpaired) electrons. The van der Waals surface area contributed by atoms with Crippen LogP contribution in [-0.2, 0) is 9.59 Å². The second kappa shape index (κ2) is 8.20. The van der Waals surface area contributed by atoms with E-state index in [1.54, 1.807) is 0 Å². The molecule has 0 aromatic carbocycles. The van der Waals surface area contributed by atoms with Gasteiger partial charge >= 0.3 is 11.9 Å². The van der Waals surface area contributed by atoms with Crippen molar-refractivity contribution in [2.75, 3.05) is 12.3 Å². The van der Waals surface area contributed by atoms with Gasteiger partial charge in [-0.25, -0.2) is 0 Å². The number of aliphatic hydroxyl groups is 1. The molecule has 0 saturated carbocycles. The highest BCUT2D eigenvalue weighted by Gasteiger charge is 2.44. The first-order chi connectivity index (χ1) is 9.88. The average molecular weight is 319 g/mol. The fourth-order valence-corrected chi connectivity index (χ4v) is 3.73. The second-order valence-electron chi connectivity index (χ2n) is 4.89. The largest absolute Gasteiger partial charge is 0.481 e. The number of hydrogen-bond donors (Lipinski definition) is 5. The molecule has 120 valence electrons. The Morgan fingerprint density at radius 3 is 2.67 bits per heavy atom. The van der Waals surface area contributed by atoms with Crippen LogP contribution in [0.25, 0.3) is 0 Å². The van der Waals surface area contributed by atoms with Crippen LogP contribution in [0.1, 0.15) is 13.3 Å². The van der Waals surface area contributed by atoms with Gasteiger partial charge in [0, 0.05) is 23.6 Å². The molecule has 0 aliphatic carbocycles. The molecule has 0 aromatic rings. The van der Waals surface area contributed by atoms with E-state index in [0.717, 1.165) is 0 Å². The molecular formula is C12H21N3O5S. The predicted octanol–water partition coefficient (Wildman–Crippen LogP) is -1.03. The maximum atomic E-state index is 11.3. The lowest BCUT2D eigenvalue weighted by Crippen LogP contribution is -2.46. The summed E-state index contributed by atoms with van der Waals surface area (Å²) in [6.45, 7) is 1.88. The van der Waals surface area contributed by atoms with Gasteiger partial charge in [-0.2, -0.15) is 11.8 Å². The third-order valence-corrected chi connectivity index (χ3v) is 4.72. The third-order valence-electron chi connectivity index (χ3n) is 3.41. The summed E-state index contributed by atoms with van der Waals surface area (Å²) in [6, 6.07) is -1.40. The number of nitrogens with one attached hydrogen (secondary N) is 1. The highest BCUT2D eigenvalue weighted by molar-refractivity contribution is 8.00. The summed E-state index contributed by atoms with van der Waals surface area (Å²) < 4.78 is 0. The monoisotopic (exact) mass is 319 g/mol. The first-order valence-corrected chi connectivity index (χ1v) is 7.64. The fraction of sp³-hybridized carbons (Fsp3) is 0.750. The van der Waals surface area contributed by atoms with Gasteiger partial charge in [0.15, 0.2) is 0 Å². The quantitative estimate of drug-likeness (QED) is 0.217. The lowest BCUT2D eigenvalue weighted by molar-refractivity contribution is -0.147. The van der Waals surface area contributed by atoms with Crippen molar-refractivity contribution < 1.29 is 24.9 Å². The molecule has 9 heteroatoms. The summed E-state index contributed by atoms with van der Waals surface area (Å²) in [7, 11) is 0. The van der Waals surface area contributed by atoms with E-state index in [4.69, 9.17) is 5.73 Å². The summed E-state index contributed by atoms with van der Waals surface area (Å²) in [4.78, 5) is 26.3. The Labute approximate surface area is 126 Å². The van der Waals surface area contributed by atoms with Crippen LogP contribution >= 0.6 is 11.8 Å². The predicted molar refractivity (Wildman–Crippen MR) is 79.6 cm³/mol. The maximum absolute atomic E-state index is 11.3. The van der Waals surface area contributed by atoms with E-state index in [1.165, 1.54) is 25.0 Å². The van der Waals surface area contributed by atoms with Gasteiger partial charge in [-0.05, 0) is 13.3 Å². The van der Waals surface area contributed by atoms with Crippen LogP contribution in [0.15, 0.2) is 4.99 Å². The molecule has 8 nitrogen and oxygen atoms in total. The van der Waals surface area contributed by atoms with Crippen LogP contribution in [0.2, 0.25) is 0 Å². The number of thioether (sulfide) groups is 1. The summed E-state index contributed by atoms with van der Waals surface area (Å²) in [5, 5.41) is 30.6. The molecule has 5 atom stereocenters. The Hall–Kier alpha value is -1.32. The highest BCUT2D eigenvalue weighted by atomic mass is 32.2. The molecule has 0 unspecified atom stereocenters. The van der Waals surface area contributed by atoms with Crippen molar-refractivity contribution in [1.29, 1.82) is 0 Å². The minimum atomic E-state index is -1.13. The molecule has 1 fully saturated rings. The van der Waals surface area contributed by atoms with Crippen molar-refractivity contribution in [2.24, 2.45) is 16.6 Å². The number of carbonyl (C=O) groups is 2. The molecule has 0 bridgehead atoms. The van der Waals surface area contributed by atoms with Gasteiger partial charge in [-0.15, -0.1) is 0 Å². The van der Waals surface area contributed by atoms with Crippen molar-refractivity contribution in [3.8, 4) is 0 Å². The van der Waals surface area contributed by atoms with Gasteiger partial charge in [0.2, 0.25) is 0 Å². The zero-order valence-corrected chi connectivity index (χ0v) is 12.5. The van der Waals surface area contributed by atoms with Crippen molar-refractivity contribution >= 4 is 30.0 Å². The van der Waals surface area contributed by atoms with E-state index in [9.17, 15) is 24.9 Å². The molecule has 1 aliphatic rings. The number of rotatable bonds is 8. The Kier molecular flexibility index (Phi) is 6.93. The van der Waals surface area contributed by atoms with Crippen LogP contribution in [-0.4, -0.2) is 69.3 Å². The summed E-state index contributed by atoms with van der Waals surface area (Å²) in [5.74, 6) is -2.58. The van der Waals surface area contributed by atoms with E-state index in [0.29, 0.717) is 18.7 Å². The highest BCUT2D eigenvalue weighted by Crippen LogP contribution is 2.30. The van der Waals surface area contributed by atoms with Crippen molar-refractivity contribution in [3.63, 3.8) is 0 Å². The normalized spacial score (nSPS) is 28.6. The Morgan fingerprint density at radius 1 is 1.52 bits per heavy atom. The molecular weight excluding hydrogens is 298 g/mol. The van der Waals surface area contributed by atoms with Gasteiger partial charge < -0.3 is 21.1 Å². The number of hydrogen-bond acceptors (Lipinski definition) is 6. The number of aliphatic imine (C=N–C) groups is 1. The fourth-order valence-electron chi connectivity index (χ4n) is 2.48. The van der Waals surface area contributed by atoms with Gasteiger partial charge in [-0.3, -0.25) is 19.9 Å². The lowest BCUT2D eigenvalue weighted by atomic mass is 9.93. The summed E-state index contributed by atoms with van der Waals surface area (Å²) in [6.07, 6.45) is 0.509. The standard InChI is InChI=1S/C12H21N3O5S/c1-6(16)9(11(17)18)7-4-8(10(15-7)12(19)20)21-3-2-14-5-13/h5-10,15-16H,2-4H2,1H3,(H2,13,14)(H,17,18)(H,19,20)/t6-,7-,8+,9-,10-/m1/s1. The first kappa shape index (κ1) is 17.7. The molecule has 1 rings (SSSR count). The van der Waals surface area contributed by atoms with Crippen LogP contribution in [0.4, 0.5) is 0 Å². The third kappa shape index (κ3) is 4.87. The first-order valence-electron chi connectivity index (χ1n) is 6.59. The molecule has 6 N–H and O–H groups in total. The SMILES string of the molecule is C[C@@H](O)[C@@H](C(=O)O)[C@H]1C[C@H](SCCN=CN)[C@H](C(=O)O)N1. The summed E-state index contributed by atoms with van der Waals surface area (Å²) in [5.41, 5.74) is 5.13. The van der Waals surface area contributed by atoms with E-state index in [2.05, 4.69) is 10.3 Å². The van der Waals surface area contributed by atoms with Gasteiger partial charge in [0.25, 0.3) is 0 Å². The Bertz CT molecular complexity index is 404. The number of nitrogens with two attached hydrogens (primary N) is 1. The Balaban J connectivity index is 2.71. The zero-order valence-electron chi connectivity index (χ0n) is 11.7. The number of carboxylic acids is 2. The topological polar surface area (TPSA) is 145 Å². The van der Waals surface area contributed by atoms with Crippen LogP contribution in [0.3, 0.4) is 0 Å². The lowest BCUT2D eigenvalue weighted by Gasteiger charge is -2.22. The number of carboxylic acid groups (broad SMARTS) is 2. The van der Waals surface area contributed by atoms with E-state index in [-0.39, 0.29) is 5.25 Å². The average Bonchev–Trinajstić information content (AvgIpc) is 2.77. The summed E-state index contributed by atoms with van der Waals surface area (Å²) >= 11 is 1.42. The molecule has 0 aromatic heterocycles. The number of nitrogens with zero attached hydrogens (tertiary/aromatic N) is 1. The van der Waals surface area contributed by atoms with E-state index >= 15 is 0 Å². The van der Waals surface area contributed by atoms with Crippen LogP contribution in [0, 0.1) is 5.92 Å². The minimum Gasteiger partial charge on any atom is -0.481 e. The van der Waals surface area contributed by atoms with Crippen molar-refractivity contribution in [2.45, 2.75) is 36.8 Å². The molecule has 1 aliphatic heterocycles. The number of aliphatic carboxylic acids is 2. The number of aliphatic hydroxyl groups excluding tert-OH is 1. The molecule has 0 amide bonds. The zero-order chi connectivity index (χ0) is 16.0. The van der Waals surface area contributed by atoms with E-state index < -0.39 is 36.0 Å². The van der Waals surface area contributed by atoms with Crippen molar-refractivity contribution in [3.05, 3.63) is 0 Å². The van der Waals surface area contributed by atoms with Crippen molar-refractivity contribution in [1.82, 2.24) is 5.32 Å². The second-order valence-corrected chi connectivity index (χ2v) is 6.24. The van der Waals surface area contributed by atoms with Gasteiger partial charge in [0.05, 0.1) is 18.4 Å². The minimum absolute atomic E-state index is 0.263. The molecule has 21 heavy (non-hydrogen) atoms. The smallest absolute Gasteiger partial charge is 0.321 e. The van der Waals surface area contributed by atoms with Gasteiger partial charge in [0.1, 0.15) is 6.04 Å². The van der Waals surface area contributed by atoms with Gasteiger partial charge in [-0.1, -0.05) is 0 Å².